The maximum atomic E-state index is 10.5. The van der Waals surface area contributed by atoms with Crippen LogP contribution >= 0.6 is 11.3 Å². The average Bonchev–Trinajstić information content (AvgIpc) is 2.88. The number of aromatic nitrogens is 2. The van der Waals surface area contributed by atoms with Gasteiger partial charge >= 0.3 is 0 Å². The van der Waals surface area contributed by atoms with Crippen molar-refractivity contribution < 1.29 is 4.92 Å². The summed E-state index contributed by atoms with van der Waals surface area (Å²) in [6, 6.07) is 3.05. The molecule has 6 nitrogen and oxygen atoms in total. The SMILES string of the molecule is CC(C)(C)c1nc(CCNc2ccc([N+](=O)[O-])cn2)cs1. The van der Waals surface area contributed by atoms with E-state index < -0.39 is 4.92 Å². The monoisotopic (exact) mass is 306 g/mol. The van der Waals surface area contributed by atoms with Crippen LogP contribution in [0.5, 0.6) is 0 Å². The molecular weight excluding hydrogens is 288 g/mol. The van der Waals surface area contributed by atoms with Crippen molar-refractivity contribution in [3.05, 3.63) is 44.5 Å². The Morgan fingerprint density at radius 1 is 1.38 bits per heavy atom. The fourth-order valence-corrected chi connectivity index (χ4v) is 2.63. The van der Waals surface area contributed by atoms with Crippen molar-refractivity contribution in [1.82, 2.24) is 9.97 Å². The Morgan fingerprint density at radius 3 is 2.67 bits per heavy atom. The van der Waals surface area contributed by atoms with Crippen LogP contribution in [0.2, 0.25) is 0 Å². The average molecular weight is 306 g/mol. The molecule has 0 spiro atoms. The van der Waals surface area contributed by atoms with E-state index in [1.54, 1.807) is 17.4 Å². The van der Waals surface area contributed by atoms with Crippen molar-refractivity contribution >= 4 is 22.8 Å². The Hall–Kier alpha value is -2.02. The molecule has 1 N–H and O–H groups in total. The third-order valence-corrected chi connectivity index (χ3v) is 4.16. The molecule has 0 amide bonds. The van der Waals surface area contributed by atoms with Crippen LogP contribution in [0.15, 0.2) is 23.7 Å². The van der Waals surface area contributed by atoms with Gasteiger partial charge in [0.2, 0.25) is 0 Å². The lowest BCUT2D eigenvalue weighted by molar-refractivity contribution is -0.385. The van der Waals surface area contributed by atoms with E-state index in [9.17, 15) is 10.1 Å². The summed E-state index contributed by atoms with van der Waals surface area (Å²) < 4.78 is 0. The van der Waals surface area contributed by atoms with E-state index >= 15 is 0 Å². The van der Waals surface area contributed by atoms with Crippen molar-refractivity contribution in [2.24, 2.45) is 0 Å². The van der Waals surface area contributed by atoms with Crippen molar-refractivity contribution in [2.75, 3.05) is 11.9 Å². The number of hydrogen-bond donors (Lipinski definition) is 1. The molecule has 2 aromatic rings. The molecule has 0 aliphatic heterocycles. The van der Waals surface area contributed by atoms with Crippen LogP contribution in [0.1, 0.15) is 31.5 Å². The number of nitrogens with one attached hydrogen (secondary N) is 1. The van der Waals surface area contributed by atoms with Gasteiger partial charge in [-0.05, 0) is 6.07 Å². The second kappa shape index (κ2) is 6.17. The molecule has 0 aromatic carbocycles. The van der Waals surface area contributed by atoms with Gasteiger partial charge in [0, 0.05) is 29.8 Å². The van der Waals surface area contributed by atoms with Gasteiger partial charge in [-0.15, -0.1) is 11.3 Å². The minimum absolute atomic E-state index is 0.00475. The first-order chi connectivity index (χ1) is 9.86. The van der Waals surface area contributed by atoms with E-state index in [1.807, 2.05) is 0 Å². The zero-order valence-electron chi connectivity index (χ0n) is 12.3. The van der Waals surface area contributed by atoms with Crippen molar-refractivity contribution in [3.63, 3.8) is 0 Å². The smallest absolute Gasteiger partial charge is 0.287 e. The number of rotatable bonds is 5. The second-order valence-corrected chi connectivity index (χ2v) is 6.59. The first-order valence-electron chi connectivity index (χ1n) is 6.65. The molecule has 0 atom stereocenters. The molecule has 0 radical (unpaired) electrons. The zero-order chi connectivity index (χ0) is 15.5. The highest BCUT2D eigenvalue weighted by molar-refractivity contribution is 7.09. The highest BCUT2D eigenvalue weighted by Gasteiger charge is 2.17. The van der Waals surface area contributed by atoms with Crippen LogP contribution in [0, 0.1) is 10.1 Å². The van der Waals surface area contributed by atoms with Crippen molar-refractivity contribution in [3.8, 4) is 0 Å². The first kappa shape index (κ1) is 15.4. The van der Waals surface area contributed by atoms with Crippen LogP contribution < -0.4 is 5.32 Å². The number of pyridine rings is 1. The fraction of sp³-hybridized carbons (Fsp3) is 0.429. The van der Waals surface area contributed by atoms with E-state index in [1.165, 1.54) is 12.3 Å². The maximum absolute atomic E-state index is 10.5. The number of anilines is 1. The summed E-state index contributed by atoms with van der Waals surface area (Å²) in [5, 5.41) is 16.9. The molecule has 2 rings (SSSR count). The Balaban J connectivity index is 1.86. The molecule has 7 heteroatoms. The summed E-state index contributed by atoms with van der Waals surface area (Å²) in [4.78, 5) is 18.7. The molecular formula is C14H18N4O2S. The topological polar surface area (TPSA) is 81.0 Å². The number of nitrogens with zero attached hydrogens (tertiary/aromatic N) is 3. The van der Waals surface area contributed by atoms with E-state index in [2.05, 4.69) is 41.4 Å². The molecule has 2 heterocycles. The van der Waals surface area contributed by atoms with Crippen molar-refractivity contribution in [2.45, 2.75) is 32.6 Å². The molecule has 2 aromatic heterocycles. The summed E-state index contributed by atoms with van der Waals surface area (Å²) in [6.45, 7) is 7.14. The highest BCUT2D eigenvalue weighted by Crippen LogP contribution is 2.25. The predicted octanol–water partition coefficient (Wildman–Crippen LogP) is 3.40. The first-order valence-corrected chi connectivity index (χ1v) is 7.53. The number of thiazole rings is 1. The number of hydrogen-bond acceptors (Lipinski definition) is 6. The van der Waals surface area contributed by atoms with Gasteiger partial charge in [0.1, 0.15) is 12.0 Å². The Kier molecular flexibility index (Phi) is 4.52. The largest absolute Gasteiger partial charge is 0.370 e. The normalized spacial score (nSPS) is 11.4. The van der Waals surface area contributed by atoms with Gasteiger partial charge in [0.25, 0.3) is 5.69 Å². The van der Waals surface area contributed by atoms with E-state index in [4.69, 9.17) is 0 Å². The quantitative estimate of drug-likeness (QED) is 0.676. The van der Waals surface area contributed by atoms with Crippen LogP contribution in [-0.4, -0.2) is 21.4 Å². The lowest BCUT2D eigenvalue weighted by Crippen LogP contribution is -2.11. The third-order valence-electron chi connectivity index (χ3n) is 2.84. The molecule has 112 valence electrons. The molecule has 0 saturated carbocycles. The van der Waals surface area contributed by atoms with Crippen LogP contribution in [-0.2, 0) is 11.8 Å². The van der Waals surface area contributed by atoms with Gasteiger partial charge in [-0.2, -0.15) is 0 Å². The van der Waals surface area contributed by atoms with Crippen LogP contribution in [0.25, 0.3) is 0 Å². The maximum Gasteiger partial charge on any atom is 0.287 e. The van der Waals surface area contributed by atoms with Gasteiger partial charge < -0.3 is 5.32 Å². The third kappa shape index (κ3) is 4.22. The van der Waals surface area contributed by atoms with Crippen LogP contribution in [0.4, 0.5) is 11.5 Å². The van der Waals surface area contributed by atoms with Gasteiger partial charge in [-0.1, -0.05) is 20.8 Å². The van der Waals surface area contributed by atoms with Gasteiger partial charge in [-0.25, -0.2) is 9.97 Å². The molecule has 0 aliphatic rings. The number of nitro groups is 1. The van der Waals surface area contributed by atoms with E-state index in [0.29, 0.717) is 12.4 Å². The fourth-order valence-electron chi connectivity index (χ4n) is 1.68. The summed E-state index contributed by atoms with van der Waals surface area (Å²) in [7, 11) is 0. The Morgan fingerprint density at radius 2 is 2.14 bits per heavy atom. The summed E-state index contributed by atoms with van der Waals surface area (Å²) in [5.41, 5.74) is 1.13. The highest BCUT2D eigenvalue weighted by atomic mass is 32.1. The minimum Gasteiger partial charge on any atom is -0.370 e. The lowest BCUT2D eigenvalue weighted by atomic mass is 9.98. The molecule has 0 fully saturated rings. The minimum atomic E-state index is -0.458. The molecule has 0 saturated heterocycles. The summed E-state index contributed by atoms with van der Waals surface area (Å²) in [5.74, 6) is 0.631. The standard InChI is InChI=1S/C14H18N4O2S/c1-14(2,3)13-17-10(9-21-13)6-7-15-12-5-4-11(8-16-12)18(19)20/h4-5,8-9H,6-7H2,1-3H3,(H,15,16). The Labute approximate surface area is 127 Å². The van der Waals surface area contributed by atoms with Gasteiger partial charge in [-0.3, -0.25) is 10.1 Å². The molecule has 0 bridgehead atoms. The van der Waals surface area contributed by atoms with Gasteiger partial charge in [0.15, 0.2) is 0 Å². The lowest BCUT2D eigenvalue weighted by Gasteiger charge is -2.13. The van der Waals surface area contributed by atoms with Crippen LogP contribution in [0.3, 0.4) is 0 Å². The zero-order valence-corrected chi connectivity index (χ0v) is 13.1. The molecule has 0 unspecified atom stereocenters. The second-order valence-electron chi connectivity index (χ2n) is 5.73. The van der Waals surface area contributed by atoms with E-state index in [0.717, 1.165) is 17.1 Å². The molecule has 0 aliphatic carbocycles. The summed E-state index contributed by atoms with van der Waals surface area (Å²) in [6.07, 6.45) is 2.05. The Bertz CT molecular complexity index is 617. The predicted molar refractivity (Wildman–Crippen MR) is 83.9 cm³/mol. The molecule has 21 heavy (non-hydrogen) atoms. The summed E-state index contributed by atoms with van der Waals surface area (Å²) >= 11 is 1.68. The van der Waals surface area contributed by atoms with Crippen molar-refractivity contribution in [1.29, 1.82) is 0 Å². The van der Waals surface area contributed by atoms with Gasteiger partial charge in [0.05, 0.1) is 15.6 Å². The van der Waals surface area contributed by atoms with E-state index in [-0.39, 0.29) is 11.1 Å².